The van der Waals surface area contributed by atoms with Crippen LogP contribution in [0.15, 0.2) is 72.8 Å². The van der Waals surface area contributed by atoms with Crippen LogP contribution in [0, 0.1) is 0 Å². The van der Waals surface area contributed by atoms with Crippen molar-refractivity contribution in [2.45, 2.75) is 43.9 Å². The number of carbonyl (C=O) groups is 2. The van der Waals surface area contributed by atoms with Gasteiger partial charge in [0.2, 0.25) is 5.91 Å². The maximum absolute atomic E-state index is 13.7. The predicted molar refractivity (Wildman–Crippen MR) is 133 cm³/mol. The number of nitrogens with zero attached hydrogens (tertiary/aromatic N) is 1. The maximum Gasteiger partial charge on any atom is 0.490 e. The molecule has 6 nitrogen and oxygen atoms in total. The molecule has 0 fully saturated rings. The van der Waals surface area contributed by atoms with Crippen molar-refractivity contribution in [3.63, 3.8) is 0 Å². The van der Waals surface area contributed by atoms with Crippen LogP contribution in [0.25, 0.3) is 10.8 Å². The Morgan fingerprint density at radius 3 is 2.25 bits per heavy atom. The van der Waals surface area contributed by atoms with Gasteiger partial charge in [-0.3, -0.25) is 4.79 Å². The van der Waals surface area contributed by atoms with Gasteiger partial charge >= 0.3 is 12.1 Å². The number of anilines is 1. The van der Waals surface area contributed by atoms with Crippen molar-refractivity contribution in [1.82, 2.24) is 0 Å². The molecule has 0 saturated carbocycles. The van der Waals surface area contributed by atoms with E-state index in [0.29, 0.717) is 24.9 Å². The molecule has 0 aliphatic heterocycles. The van der Waals surface area contributed by atoms with Crippen LogP contribution in [0.4, 0.5) is 18.9 Å². The molecule has 2 atom stereocenters. The molecule has 3 aromatic carbocycles. The van der Waals surface area contributed by atoms with E-state index in [1.54, 1.807) is 12.1 Å². The van der Waals surface area contributed by atoms with Gasteiger partial charge in [0.15, 0.2) is 0 Å². The lowest BCUT2D eigenvalue weighted by atomic mass is 10.0. The van der Waals surface area contributed by atoms with Gasteiger partial charge in [0, 0.05) is 5.69 Å². The third-order valence-corrected chi connectivity index (χ3v) is 5.90. The molecule has 0 unspecified atom stereocenters. The number of alkyl halides is 3. The Bertz CT molecular complexity index is 1150. The first-order valence-corrected chi connectivity index (χ1v) is 11.8. The Balaban J connectivity index is 1.92. The first kappa shape index (κ1) is 27.2. The van der Waals surface area contributed by atoms with Gasteiger partial charge in [0.1, 0.15) is 6.61 Å². The summed E-state index contributed by atoms with van der Waals surface area (Å²) >= 11 is 0. The van der Waals surface area contributed by atoms with Gasteiger partial charge in [0.05, 0.1) is 12.1 Å². The molecule has 0 aromatic heterocycles. The minimum Gasteiger partial charge on any atom is -0.457 e. The molecule has 3 rings (SSSR count). The SMILES string of the molecule is NCCC[C@@H](COC(=O)C(F)(F)F)N(C(=O)[C@@H](N)CCc1ccccc1)c1ccc2ccccc2c1. The van der Waals surface area contributed by atoms with Gasteiger partial charge in [-0.25, -0.2) is 4.79 Å². The Hall–Kier alpha value is -3.43. The number of carbonyl (C=O) groups excluding carboxylic acids is 2. The summed E-state index contributed by atoms with van der Waals surface area (Å²) in [6.45, 7) is -0.383. The zero-order valence-corrected chi connectivity index (χ0v) is 19.8. The number of halogens is 3. The number of hydrogen-bond acceptors (Lipinski definition) is 5. The van der Waals surface area contributed by atoms with E-state index < -0.39 is 36.7 Å². The zero-order chi connectivity index (χ0) is 26.1. The average Bonchev–Trinajstić information content (AvgIpc) is 2.88. The highest BCUT2D eigenvalue weighted by atomic mass is 19.4. The zero-order valence-electron chi connectivity index (χ0n) is 19.8. The number of aryl methyl sites for hydroxylation is 1. The molecule has 3 aromatic rings. The van der Waals surface area contributed by atoms with Crippen LogP contribution < -0.4 is 16.4 Å². The summed E-state index contributed by atoms with van der Waals surface area (Å²) in [6, 6.07) is 20.6. The molecule has 0 radical (unpaired) electrons. The topological polar surface area (TPSA) is 98.6 Å². The molecule has 0 aliphatic rings. The van der Waals surface area contributed by atoms with Crippen molar-refractivity contribution < 1.29 is 27.5 Å². The normalized spacial score (nSPS) is 13.2. The molecule has 192 valence electrons. The second-order valence-electron chi connectivity index (χ2n) is 8.55. The van der Waals surface area contributed by atoms with Crippen molar-refractivity contribution in [2.75, 3.05) is 18.1 Å². The van der Waals surface area contributed by atoms with Gasteiger partial charge in [-0.1, -0.05) is 60.7 Å². The van der Waals surface area contributed by atoms with E-state index in [1.165, 1.54) is 4.90 Å². The van der Waals surface area contributed by atoms with E-state index in [4.69, 9.17) is 11.5 Å². The summed E-state index contributed by atoms with van der Waals surface area (Å²) in [5.41, 5.74) is 13.4. The molecule has 0 saturated heterocycles. The lowest BCUT2D eigenvalue weighted by Gasteiger charge is -2.34. The second-order valence-corrected chi connectivity index (χ2v) is 8.55. The van der Waals surface area contributed by atoms with Crippen LogP contribution in [-0.4, -0.2) is 43.3 Å². The molecule has 0 aliphatic carbocycles. The maximum atomic E-state index is 13.7. The van der Waals surface area contributed by atoms with Crippen LogP contribution in [0.1, 0.15) is 24.8 Å². The predicted octanol–water partition coefficient (Wildman–Crippen LogP) is 4.35. The molecular formula is C27H30F3N3O3. The summed E-state index contributed by atoms with van der Waals surface area (Å²) in [4.78, 5) is 26.5. The Morgan fingerprint density at radius 2 is 1.58 bits per heavy atom. The lowest BCUT2D eigenvalue weighted by Crippen LogP contribution is -2.51. The summed E-state index contributed by atoms with van der Waals surface area (Å²) in [7, 11) is 0. The van der Waals surface area contributed by atoms with E-state index in [0.717, 1.165) is 16.3 Å². The minimum atomic E-state index is -5.14. The monoisotopic (exact) mass is 501 g/mol. The number of esters is 1. The number of rotatable bonds is 11. The standard InChI is InChI=1S/C27H30F3N3O3/c28-27(29,30)26(35)36-18-23(11-6-16-31)33(22-14-13-20-9-4-5-10-21(20)17-22)25(34)24(32)15-12-19-7-2-1-3-8-19/h1-5,7-10,13-14,17,23-24H,6,11-12,15-16,18,31-32H2/t23-,24-/m0/s1. The Morgan fingerprint density at radius 1 is 0.917 bits per heavy atom. The quantitative estimate of drug-likeness (QED) is 0.381. The summed E-state index contributed by atoms with van der Waals surface area (Å²) in [5, 5.41) is 1.78. The van der Waals surface area contributed by atoms with Gasteiger partial charge in [0.25, 0.3) is 0 Å². The number of nitrogens with two attached hydrogens (primary N) is 2. The van der Waals surface area contributed by atoms with Crippen molar-refractivity contribution in [2.24, 2.45) is 11.5 Å². The van der Waals surface area contributed by atoms with Crippen LogP contribution in [-0.2, 0) is 20.7 Å². The second kappa shape index (κ2) is 12.5. The van der Waals surface area contributed by atoms with E-state index >= 15 is 0 Å². The van der Waals surface area contributed by atoms with Crippen molar-refractivity contribution >= 4 is 28.3 Å². The third-order valence-electron chi connectivity index (χ3n) is 5.90. The largest absolute Gasteiger partial charge is 0.490 e. The Labute approximate surface area is 208 Å². The van der Waals surface area contributed by atoms with E-state index in [-0.39, 0.29) is 13.0 Å². The number of fused-ring (bicyclic) bond motifs is 1. The van der Waals surface area contributed by atoms with Gasteiger partial charge in [-0.15, -0.1) is 0 Å². The molecule has 9 heteroatoms. The van der Waals surface area contributed by atoms with Gasteiger partial charge in [-0.2, -0.15) is 13.2 Å². The fourth-order valence-corrected chi connectivity index (χ4v) is 4.01. The molecule has 1 amide bonds. The number of hydrogen-bond donors (Lipinski definition) is 2. The highest BCUT2D eigenvalue weighted by Crippen LogP contribution is 2.27. The van der Waals surface area contributed by atoms with Crippen LogP contribution in [0.2, 0.25) is 0 Å². The third kappa shape index (κ3) is 7.29. The first-order chi connectivity index (χ1) is 17.2. The van der Waals surface area contributed by atoms with E-state index in [9.17, 15) is 22.8 Å². The number of amides is 1. The molecule has 4 N–H and O–H groups in total. The molecule has 0 spiro atoms. The first-order valence-electron chi connectivity index (χ1n) is 11.8. The van der Waals surface area contributed by atoms with Crippen LogP contribution in [0.3, 0.4) is 0 Å². The van der Waals surface area contributed by atoms with E-state index in [1.807, 2.05) is 60.7 Å². The Kier molecular flexibility index (Phi) is 9.44. The molecule has 0 bridgehead atoms. The van der Waals surface area contributed by atoms with Crippen molar-refractivity contribution in [1.29, 1.82) is 0 Å². The minimum absolute atomic E-state index is 0.228. The number of benzene rings is 3. The number of ether oxygens (including phenoxy) is 1. The van der Waals surface area contributed by atoms with Gasteiger partial charge < -0.3 is 21.1 Å². The molecular weight excluding hydrogens is 471 g/mol. The summed E-state index contributed by atoms with van der Waals surface area (Å²) in [6.07, 6.45) is -3.62. The van der Waals surface area contributed by atoms with E-state index in [2.05, 4.69) is 4.74 Å². The van der Waals surface area contributed by atoms with Crippen LogP contribution in [0.5, 0.6) is 0 Å². The highest BCUT2D eigenvalue weighted by Gasteiger charge is 2.42. The fraction of sp³-hybridized carbons (Fsp3) is 0.333. The van der Waals surface area contributed by atoms with Crippen LogP contribution >= 0.6 is 0 Å². The highest BCUT2D eigenvalue weighted by molar-refractivity contribution is 5.99. The van der Waals surface area contributed by atoms with Crippen molar-refractivity contribution in [3.05, 3.63) is 78.4 Å². The summed E-state index contributed by atoms with van der Waals surface area (Å²) in [5.74, 6) is -2.77. The fourth-order valence-electron chi connectivity index (χ4n) is 4.01. The smallest absolute Gasteiger partial charge is 0.457 e. The van der Waals surface area contributed by atoms with Crippen molar-refractivity contribution in [3.8, 4) is 0 Å². The van der Waals surface area contributed by atoms with Gasteiger partial charge in [-0.05, 0) is 60.7 Å². The molecule has 36 heavy (non-hydrogen) atoms. The molecule has 0 heterocycles. The average molecular weight is 502 g/mol. The lowest BCUT2D eigenvalue weighted by molar-refractivity contribution is -0.200. The summed E-state index contributed by atoms with van der Waals surface area (Å²) < 4.78 is 43.0.